The molecule has 5 nitrogen and oxygen atoms in total. The highest BCUT2D eigenvalue weighted by Gasteiger charge is 2.21. The molecule has 0 spiro atoms. The first-order valence-corrected chi connectivity index (χ1v) is 9.83. The molecule has 0 aromatic carbocycles. The number of alkyl halides is 1. The third kappa shape index (κ3) is 4.69. The Morgan fingerprint density at radius 3 is 2.97 bits per heavy atom. The van der Waals surface area contributed by atoms with Crippen LogP contribution in [0.2, 0.25) is 0 Å². The Balaban J connectivity index is 1.59. The molecule has 1 unspecified atom stereocenters. The van der Waals surface area contributed by atoms with Crippen LogP contribution in [-0.4, -0.2) is 29.3 Å². The van der Waals surface area contributed by atoms with Gasteiger partial charge in [-0.15, -0.1) is 0 Å². The molecule has 3 aromatic rings. The van der Waals surface area contributed by atoms with E-state index in [0.29, 0.717) is 18.9 Å². The largest absolute Gasteiger partial charge is 0.502 e. The summed E-state index contributed by atoms with van der Waals surface area (Å²) in [6.07, 6.45) is 8.22. The zero-order chi connectivity index (χ0) is 20.2. The molecule has 1 aliphatic rings. The van der Waals surface area contributed by atoms with Gasteiger partial charge >= 0.3 is 0 Å². The molecule has 1 aliphatic carbocycles. The molecule has 0 saturated heterocycles. The van der Waals surface area contributed by atoms with Crippen molar-refractivity contribution in [1.29, 1.82) is 0 Å². The third-order valence-corrected chi connectivity index (χ3v) is 5.04. The molecular formula is C23H23FN2O3. The Bertz CT molecular complexity index is 1120. The van der Waals surface area contributed by atoms with Gasteiger partial charge in [0, 0.05) is 54.5 Å². The predicted molar refractivity (Wildman–Crippen MR) is 109 cm³/mol. The van der Waals surface area contributed by atoms with Gasteiger partial charge in [-0.2, -0.15) is 0 Å². The number of hydrogen-bond acceptors (Lipinski definition) is 4. The van der Waals surface area contributed by atoms with Crippen molar-refractivity contribution < 1.29 is 13.9 Å². The van der Waals surface area contributed by atoms with Crippen LogP contribution in [0.5, 0.6) is 5.75 Å². The fourth-order valence-corrected chi connectivity index (χ4v) is 3.37. The standard InChI is InChI=1S/C23H23FN2O3/c24-8-9-25-13-19(23-22(28)21(27)7-10-29-23)11-18-12-20-6-5-17(14-26(20)15-18)4-3-16-1-2-16/h5-7,10,12,14-16,19,25,28H,1-2,8-9,11,13H2. The summed E-state index contributed by atoms with van der Waals surface area (Å²) in [5.74, 6) is 6.57. The maximum absolute atomic E-state index is 12.5. The number of rotatable bonds is 7. The van der Waals surface area contributed by atoms with Crippen molar-refractivity contribution in [3.63, 3.8) is 0 Å². The first-order chi connectivity index (χ1) is 14.1. The van der Waals surface area contributed by atoms with Gasteiger partial charge in [-0.25, -0.2) is 4.39 Å². The minimum Gasteiger partial charge on any atom is -0.502 e. The van der Waals surface area contributed by atoms with Crippen LogP contribution in [0.15, 0.2) is 52.1 Å². The molecule has 3 heterocycles. The highest BCUT2D eigenvalue weighted by molar-refractivity contribution is 5.53. The zero-order valence-corrected chi connectivity index (χ0v) is 16.0. The highest BCUT2D eigenvalue weighted by Crippen LogP contribution is 2.28. The number of nitrogens with zero attached hydrogens (tertiary/aromatic N) is 1. The maximum Gasteiger partial charge on any atom is 0.226 e. The molecular weight excluding hydrogens is 371 g/mol. The normalized spacial score (nSPS) is 14.5. The summed E-state index contributed by atoms with van der Waals surface area (Å²) in [4.78, 5) is 11.8. The molecule has 1 fully saturated rings. The molecule has 0 bridgehead atoms. The molecule has 1 saturated carbocycles. The maximum atomic E-state index is 12.5. The van der Waals surface area contributed by atoms with E-state index in [9.17, 15) is 14.3 Å². The van der Waals surface area contributed by atoms with Crippen molar-refractivity contribution in [3.8, 4) is 17.6 Å². The highest BCUT2D eigenvalue weighted by atomic mass is 19.1. The average Bonchev–Trinajstić information content (AvgIpc) is 3.46. The van der Waals surface area contributed by atoms with Crippen LogP contribution in [0.1, 0.15) is 35.6 Å². The molecule has 29 heavy (non-hydrogen) atoms. The summed E-state index contributed by atoms with van der Waals surface area (Å²) >= 11 is 0. The second-order valence-electron chi connectivity index (χ2n) is 7.43. The Labute approximate surface area is 168 Å². The lowest BCUT2D eigenvalue weighted by Gasteiger charge is -2.16. The zero-order valence-electron chi connectivity index (χ0n) is 16.0. The number of pyridine rings is 1. The lowest BCUT2D eigenvalue weighted by molar-refractivity contribution is 0.364. The Kier molecular flexibility index (Phi) is 5.68. The van der Waals surface area contributed by atoms with Crippen molar-refractivity contribution in [3.05, 3.63) is 70.0 Å². The second kappa shape index (κ2) is 8.54. The monoisotopic (exact) mass is 394 g/mol. The van der Waals surface area contributed by atoms with E-state index < -0.39 is 12.1 Å². The quantitative estimate of drug-likeness (QED) is 0.477. The van der Waals surface area contributed by atoms with Gasteiger partial charge in [0.25, 0.3) is 0 Å². The first-order valence-electron chi connectivity index (χ1n) is 9.83. The minimum absolute atomic E-state index is 0.203. The second-order valence-corrected chi connectivity index (χ2v) is 7.43. The van der Waals surface area contributed by atoms with Crippen molar-refractivity contribution in [2.75, 3.05) is 19.8 Å². The summed E-state index contributed by atoms with van der Waals surface area (Å²) in [6.45, 7) is 0.0993. The van der Waals surface area contributed by atoms with E-state index in [1.807, 2.05) is 28.9 Å². The SMILES string of the molecule is O=c1ccoc(C(CNCCF)Cc2cc3ccc(C#CC4CC4)cn3c2)c1O. The fraction of sp³-hybridized carbons (Fsp3) is 0.348. The van der Waals surface area contributed by atoms with Crippen molar-refractivity contribution >= 4 is 5.52 Å². The summed E-state index contributed by atoms with van der Waals surface area (Å²) in [5.41, 5.74) is 2.54. The van der Waals surface area contributed by atoms with E-state index in [1.165, 1.54) is 25.2 Å². The minimum atomic E-state index is -0.488. The number of fused-ring (bicyclic) bond motifs is 1. The van der Waals surface area contributed by atoms with Gasteiger partial charge in [0.1, 0.15) is 6.67 Å². The van der Waals surface area contributed by atoms with E-state index in [-0.39, 0.29) is 24.0 Å². The van der Waals surface area contributed by atoms with Gasteiger partial charge in [-0.1, -0.05) is 11.8 Å². The predicted octanol–water partition coefficient (Wildman–Crippen LogP) is 3.25. The average molecular weight is 394 g/mol. The molecule has 6 heteroatoms. The van der Waals surface area contributed by atoms with Crippen LogP contribution < -0.4 is 10.7 Å². The van der Waals surface area contributed by atoms with Gasteiger partial charge in [-0.3, -0.25) is 4.79 Å². The molecule has 0 aliphatic heterocycles. The molecule has 1 atom stereocenters. The van der Waals surface area contributed by atoms with Gasteiger partial charge in [0.05, 0.1) is 6.26 Å². The van der Waals surface area contributed by atoms with Crippen LogP contribution in [0, 0.1) is 17.8 Å². The van der Waals surface area contributed by atoms with Crippen LogP contribution >= 0.6 is 0 Å². The van der Waals surface area contributed by atoms with Gasteiger partial charge in [-0.05, 0) is 43.0 Å². The molecule has 150 valence electrons. The number of hydrogen-bond donors (Lipinski definition) is 2. The molecule has 2 N–H and O–H groups in total. The van der Waals surface area contributed by atoms with Gasteiger partial charge in [0.2, 0.25) is 11.2 Å². The Hall–Kier alpha value is -3.04. The number of halogens is 1. The van der Waals surface area contributed by atoms with E-state index in [1.54, 1.807) is 0 Å². The first kappa shape index (κ1) is 19.3. The smallest absolute Gasteiger partial charge is 0.226 e. The van der Waals surface area contributed by atoms with E-state index in [2.05, 4.69) is 23.2 Å². The Morgan fingerprint density at radius 2 is 2.17 bits per heavy atom. The van der Waals surface area contributed by atoms with Gasteiger partial charge < -0.3 is 19.2 Å². The fourth-order valence-electron chi connectivity index (χ4n) is 3.37. The molecule has 0 amide bonds. The van der Waals surface area contributed by atoms with E-state index >= 15 is 0 Å². The van der Waals surface area contributed by atoms with Crippen molar-refractivity contribution in [1.82, 2.24) is 9.72 Å². The third-order valence-electron chi connectivity index (χ3n) is 5.04. The molecule has 3 aromatic heterocycles. The molecule has 4 rings (SSSR count). The summed E-state index contributed by atoms with van der Waals surface area (Å²) in [7, 11) is 0. The summed E-state index contributed by atoms with van der Waals surface area (Å²) in [5, 5.41) is 13.2. The number of aromatic hydroxyl groups is 1. The lowest BCUT2D eigenvalue weighted by atomic mass is 9.97. The van der Waals surface area contributed by atoms with E-state index in [4.69, 9.17) is 4.42 Å². The van der Waals surface area contributed by atoms with Crippen LogP contribution in [0.4, 0.5) is 4.39 Å². The van der Waals surface area contributed by atoms with Crippen molar-refractivity contribution in [2.24, 2.45) is 5.92 Å². The van der Waals surface area contributed by atoms with E-state index in [0.717, 1.165) is 16.6 Å². The van der Waals surface area contributed by atoms with Gasteiger partial charge in [0.15, 0.2) is 5.76 Å². The topological polar surface area (TPSA) is 66.9 Å². The summed E-state index contributed by atoms with van der Waals surface area (Å²) in [6, 6.07) is 7.27. The molecule has 0 radical (unpaired) electrons. The Morgan fingerprint density at radius 1 is 1.31 bits per heavy atom. The number of aromatic nitrogens is 1. The van der Waals surface area contributed by atoms with Crippen LogP contribution in [-0.2, 0) is 6.42 Å². The van der Waals surface area contributed by atoms with Crippen LogP contribution in [0.3, 0.4) is 0 Å². The lowest BCUT2D eigenvalue weighted by Crippen LogP contribution is -2.25. The van der Waals surface area contributed by atoms with Crippen molar-refractivity contribution in [2.45, 2.75) is 25.2 Å². The van der Waals surface area contributed by atoms with Crippen LogP contribution in [0.25, 0.3) is 5.52 Å². The number of nitrogens with one attached hydrogen (secondary N) is 1. The summed E-state index contributed by atoms with van der Waals surface area (Å²) < 4.78 is 20.0.